The average molecular weight is 336 g/mol. The fourth-order valence-corrected chi connectivity index (χ4v) is 1.27. The second-order valence-corrected chi connectivity index (χ2v) is 5.63. The van der Waals surface area contributed by atoms with E-state index in [0.29, 0.717) is 6.42 Å². The minimum Gasteiger partial charge on any atom is -0.477 e. The minimum atomic E-state index is -1.22. The van der Waals surface area contributed by atoms with Crippen LogP contribution in [-0.2, 0) is 19.1 Å². The molecular weight excluding hydrogens is 318 g/mol. The number of amides is 1. The van der Waals surface area contributed by atoms with Gasteiger partial charge in [-0.1, -0.05) is 0 Å². The lowest BCUT2D eigenvalue weighted by Crippen LogP contribution is -2.26. The summed E-state index contributed by atoms with van der Waals surface area (Å²) in [6, 6.07) is 0. The Labute approximate surface area is 120 Å². The molecule has 0 aliphatic carbocycles. The molecule has 7 heteroatoms. The molecule has 0 saturated carbocycles. The van der Waals surface area contributed by atoms with Crippen LogP contribution < -0.4 is 5.32 Å². The third kappa shape index (κ3) is 10.3. The molecule has 0 heterocycles. The highest BCUT2D eigenvalue weighted by molar-refractivity contribution is 9.12. The van der Waals surface area contributed by atoms with Crippen LogP contribution in [0.3, 0.4) is 0 Å². The summed E-state index contributed by atoms with van der Waals surface area (Å²) in [6.45, 7) is 5.61. The van der Waals surface area contributed by atoms with Gasteiger partial charge in [-0.15, -0.1) is 0 Å². The van der Waals surface area contributed by atoms with Gasteiger partial charge in [0.15, 0.2) is 0 Å². The molecule has 108 valence electrons. The van der Waals surface area contributed by atoms with Crippen LogP contribution >= 0.6 is 15.9 Å². The van der Waals surface area contributed by atoms with Crippen LogP contribution in [0.15, 0.2) is 10.6 Å². The molecule has 0 atom stereocenters. The van der Waals surface area contributed by atoms with Gasteiger partial charge >= 0.3 is 11.9 Å². The van der Waals surface area contributed by atoms with Crippen LogP contribution in [0, 0.1) is 0 Å². The molecule has 6 nitrogen and oxygen atoms in total. The summed E-state index contributed by atoms with van der Waals surface area (Å²) in [4.78, 5) is 33.0. The van der Waals surface area contributed by atoms with Crippen LogP contribution in [0.2, 0.25) is 0 Å². The lowest BCUT2D eigenvalue weighted by molar-refractivity contribution is -0.155. The second kappa shape index (κ2) is 7.93. The van der Waals surface area contributed by atoms with Crippen molar-refractivity contribution in [1.82, 2.24) is 5.32 Å². The van der Waals surface area contributed by atoms with E-state index in [1.54, 1.807) is 20.8 Å². The number of carbonyl (C=O) groups excluding carboxylic acids is 2. The maximum atomic E-state index is 11.3. The molecule has 0 aromatic heterocycles. The van der Waals surface area contributed by atoms with E-state index in [2.05, 4.69) is 21.2 Å². The molecule has 1 amide bonds. The van der Waals surface area contributed by atoms with Gasteiger partial charge in [0.2, 0.25) is 5.91 Å². The summed E-state index contributed by atoms with van der Waals surface area (Å²) >= 11 is 2.73. The van der Waals surface area contributed by atoms with E-state index in [1.807, 2.05) is 0 Å². The first-order valence-corrected chi connectivity index (χ1v) is 6.51. The maximum absolute atomic E-state index is 11.3. The van der Waals surface area contributed by atoms with E-state index in [-0.39, 0.29) is 23.4 Å². The third-order valence-electron chi connectivity index (χ3n) is 1.74. The van der Waals surface area contributed by atoms with Gasteiger partial charge in [0.1, 0.15) is 10.1 Å². The molecule has 0 radical (unpaired) electrons. The highest BCUT2D eigenvalue weighted by atomic mass is 79.9. The van der Waals surface area contributed by atoms with E-state index in [1.165, 1.54) is 0 Å². The number of aliphatic carboxylic acids is 1. The maximum Gasteiger partial charge on any atom is 0.342 e. The van der Waals surface area contributed by atoms with Crippen molar-refractivity contribution >= 4 is 33.8 Å². The first-order chi connectivity index (χ1) is 8.61. The Hall–Kier alpha value is -1.37. The molecule has 0 unspecified atom stereocenters. The fourth-order valence-electron chi connectivity index (χ4n) is 1.06. The van der Waals surface area contributed by atoms with Gasteiger partial charge in [-0.3, -0.25) is 9.59 Å². The molecule has 0 aromatic carbocycles. The Morgan fingerprint density at radius 2 is 1.89 bits per heavy atom. The second-order valence-electron chi connectivity index (χ2n) is 4.78. The number of carboxylic acids is 1. The molecular formula is C12H18BrNO5. The largest absolute Gasteiger partial charge is 0.477 e. The van der Waals surface area contributed by atoms with Crippen molar-refractivity contribution in [3.05, 3.63) is 10.6 Å². The van der Waals surface area contributed by atoms with Crippen LogP contribution in [0.25, 0.3) is 0 Å². The molecule has 2 N–H and O–H groups in total. The zero-order valence-corrected chi connectivity index (χ0v) is 12.7. The van der Waals surface area contributed by atoms with Gasteiger partial charge in [-0.2, -0.15) is 0 Å². The SMILES string of the molecule is CC(C)(C)OC(=O)CCCNC(=O)C=C(Br)C(=O)O. The Morgan fingerprint density at radius 1 is 1.32 bits per heavy atom. The fraction of sp³-hybridized carbons (Fsp3) is 0.583. The number of ether oxygens (including phenoxy) is 1. The number of nitrogens with one attached hydrogen (secondary N) is 1. The first kappa shape index (κ1) is 17.6. The predicted molar refractivity (Wildman–Crippen MR) is 72.7 cm³/mol. The van der Waals surface area contributed by atoms with Crippen molar-refractivity contribution in [3.8, 4) is 0 Å². The van der Waals surface area contributed by atoms with Crippen LogP contribution in [-0.4, -0.2) is 35.1 Å². The van der Waals surface area contributed by atoms with Crippen molar-refractivity contribution in [3.63, 3.8) is 0 Å². The van der Waals surface area contributed by atoms with Crippen molar-refractivity contribution in [1.29, 1.82) is 0 Å². The number of carboxylic acid groups (broad SMARTS) is 1. The summed E-state index contributed by atoms with van der Waals surface area (Å²) < 4.78 is 4.87. The molecule has 19 heavy (non-hydrogen) atoms. The minimum absolute atomic E-state index is 0.196. The normalized spacial score (nSPS) is 11.9. The zero-order chi connectivity index (χ0) is 15.1. The number of rotatable bonds is 6. The quantitative estimate of drug-likeness (QED) is 0.436. The Kier molecular flexibility index (Phi) is 7.36. The van der Waals surface area contributed by atoms with Crippen LogP contribution in [0.1, 0.15) is 33.6 Å². The van der Waals surface area contributed by atoms with Gasteiger partial charge < -0.3 is 15.2 Å². The molecule has 0 spiro atoms. The molecule has 0 fully saturated rings. The Balaban J connectivity index is 3.88. The van der Waals surface area contributed by atoms with Gasteiger partial charge in [-0.25, -0.2) is 4.79 Å². The lowest BCUT2D eigenvalue weighted by atomic mass is 10.2. The third-order valence-corrected chi connectivity index (χ3v) is 2.31. The Bertz CT molecular complexity index is 384. The first-order valence-electron chi connectivity index (χ1n) is 5.72. The van der Waals surface area contributed by atoms with E-state index in [9.17, 15) is 14.4 Å². The van der Waals surface area contributed by atoms with Crippen LogP contribution in [0.5, 0.6) is 0 Å². The molecule has 0 bridgehead atoms. The lowest BCUT2D eigenvalue weighted by Gasteiger charge is -2.19. The van der Waals surface area contributed by atoms with Gasteiger partial charge in [-0.05, 0) is 43.1 Å². The number of carbonyl (C=O) groups is 3. The molecule has 0 aliphatic rings. The van der Waals surface area contributed by atoms with Crippen molar-refractivity contribution in [2.24, 2.45) is 0 Å². The smallest absolute Gasteiger partial charge is 0.342 e. The van der Waals surface area contributed by atoms with E-state index in [4.69, 9.17) is 9.84 Å². The van der Waals surface area contributed by atoms with Crippen molar-refractivity contribution in [2.45, 2.75) is 39.2 Å². The van der Waals surface area contributed by atoms with Gasteiger partial charge in [0.05, 0.1) is 0 Å². The summed E-state index contributed by atoms with van der Waals surface area (Å²) in [5.41, 5.74) is -0.518. The number of esters is 1. The monoisotopic (exact) mass is 335 g/mol. The molecule has 0 saturated heterocycles. The summed E-state index contributed by atoms with van der Waals surface area (Å²) in [5, 5.41) is 11.0. The summed E-state index contributed by atoms with van der Waals surface area (Å²) in [7, 11) is 0. The highest BCUT2D eigenvalue weighted by Crippen LogP contribution is 2.08. The zero-order valence-electron chi connectivity index (χ0n) is 11.2. The standard InChI is InChI=1S/C12H18BrNO5/c1-12(2,3)19-10(16)5-4-6-14-9(15)7-8(13)11(17)18/h7H,4-6H2,1-3H3,(H,14,15)(H,17,18). The van der Waals surface area contributed by atoms with Gasteiger partial charge in [0.25, 0.3) is 0 Å². The Morgan fingerprint density at radius 3 is 2.37 bits per heavy atom. The predicted octanol–water partition coefficient (Wildman–Crippen LogP) is 1.59. The van der Waals surface area contributed by atoms with E-state index < -0.39 is 17.5 Å². The number of halogens is 1. The molecule has 0 aromatic rings. The van der Waals surface area contributed by atoms with E-state index in [0.717, 1.165) is 6.08 Å². The summed E-state index contributed by atoms with van der Waals surface area (Å²) in [6.07, 6.45) is 1.55. The molecule has 0 aliphatic heterocycles. The highest BCUT2D eigenvalue weighted by Gasteiger charge is 2.15. The summed E-state index contributed by atoms with van der Waals surface area (Å²) in [5.74, 6) is -2.08. The molecule has 0 rings (SSSR count). The van der Waals surface area contributed by atoms with Gasteiger partial charge in [0, 0.05) is 19.0 Å². The van der Waals surface area contributed by atoms with Crippen molar-refractivity contribution < 1.29 is 24.2 Å². The number of hydrogen-bond donors (Lipinski definition) is 2. The van der Waals surface area contributed by atoms with Crippen molar-refractivity contribution in [2.75, 3.05) is 6.54 Å². The number of hydrogen-bond acceptors (Lipinski definition) is 4. The van der Waals surface area contributed by atoms with Crippen LogP contribution in [0.4, 0.5) is 0 Å². The topological polar surface area (TPSA) is 92.7 Å². The van der Waals surface area contributed by atoms with E-state index >= 15 is 0 Å². The average Bonchev–Trinajstić information content (AvgIpc) is 2.21.